The van der Waals surface area contributed by atoms with Crippen molar-refractivity contribution in [2.45, 2.75) is 18.9 Å². The molecule has 1 fully saturated rings. The normalized spacial score (nSPS) is 17.7. The SMILES string of the molecule is O=C(c1ccccc1)C1CC(Cc2ccc(-c3ccccc3)cc2)N(/C=C/c2ccccc2)C1=O. The second kappa shape index (κ2) is 10.4. The maximum atomic E-state index is 13.4. The van der Waals surface area contributed by atoms with Crippen LogP contribution < -0.4 is 0 Å². The Bertz CT molecular complexity index is 1310. The van der Waals surface area contributed by atoms with Gasteiger partial charge < -0.3 is 4.90 Å². The molecule has 0 bridgehead atoms. The maximum Gasteiger partial charge on any atom is 0.237 e. The van der Waals surface area contributed by atoms with E-state index < -0.39 is 5.92 Å². The molecular formula is C32H27NO2. The summed E-state index contributed by atoms with van der Waals surface area (Å²) in [6.07, 6.45) is 4.99. The number of Topliss-reactive ketones (excluding diaryl/α,β-unsaturated/α-hetero) is 1. The Morgan fingerprint density at radius 2 is 1.31 bits per heavy atom. The Morgan fingerprint density at radius 3 is 1.97 bits per heavy atom. The standard InChI is InChI=1S/C32H27NO2/c34-31(28-14-8-3-9-15-28)30-23-29(33(32(30)35)21-20-24-10-4-1-5-11-24)22-25-16-18-27(19-17-25)26-12-6-2-7-13-26/h1-21,29-30H,22-23H2/b21-20+. The van der Waals surface area contributed by atoms with Crippen LogP contribution in [0, 0.1) is 5.92 Å². The largest absolute Gasteiger partial charge is 0.315 e. The Labute approximate surface area is 206 Å². The van der Waals surface area contributed by atoms with Gasteiger partial charge in [0.1, 0.15) is 5.92 Å². The summed E-state index contributed by atoms with van der Waals surface area (Å²) in [7, 11) is 0. The number of hydrogen-bond donors (Lipinski definition) is 0. The molecule has 4 aromatic carbocycles. The van der Waals surface area contributed by atoms with Crippen LogP contribution in [-0.4, -0.2) is 22.6 Å². The van der Waals surface area contributed by atoms with Crippen molar-refractivity contribution in [1.82, 2.24) is 4.90 Å². The molecule has 3 nitrogen and oxygen atoms in total. The second-order valence-corrected chi connectivity index (χ2v) is 8.91. The highest BCUT2D eigenvalue weighted by molar-refractivity contribution is 6.11. The van der Waals surface area contributed by atoms with Crippen LogP contribution in [0.5, 0.6) is 0 Å². The van der Waals surface area contributed by atoms with Crippen LogP contribution in [0.15, 0.2) is 121 Å². The van der Waals surface area contributed by atoms with Crippen LogP contribution in [0.1, 0.15) is 27.9 Å². The van der Waals surface area contributed by atoms with Gasteiger partial charge in [0.2, 0.25) is 5.91 Å². The zero-order chi connectivity index (χ0) is 24.0. The molecule has 0 aliphatic carbocycles. The molecule has 0 radical (unpaired) electrons. The zero-order valence-corrected chi connectivity index (χ0v) is 19.5. The Hall–Kier alpha value is -4.24. The van der Waals surface area contributed by atoms with Gasteiger partial charge in [-0.15, -0.1) is 0 Å². The molecule has 0 aromatic heterocycles. The minimum atomic E-state index is -0.661. The van der Waals surface area contributed by atoms with Gasteiger partial charge in [0.05, 0.1) is 0 Å². The fraction of sp³-hybridized carbons (Fsp3) is 0.125. The van der Waals surface area contributed by atoms with Gasteiger partial charge in [-0.3, -0.25) is 9.59 Å². The van der Waals surface area contributed by atoms with Crippen molar-refractivity contribution in [3.05, 3.63) is 138 Å². The van der Waals surface area contributed by atoms with Crippen LogP contribution in [0.25, 0.3) is 17.2 Å². The molecule has 172 valence electrons. The maximum absolute atomic E-state index is 13.4. The topological polar surface area (TPSA) is 37.4 Å². The minimum Gasteiger partial charge on any atom is -0.315 e. The van der Waals surface area contributed by atoms with E-state index in [2.05, 4.69) is 36.4 Å². The average molecular weight is 458 g/mol. The summed E-state index contributed by atoms with van der Waals surface area (Å²) in [4.78, 5) is 28.4. The number of hydrogen-bond acceptors (Lipinski definition) is 2. The van der Waals surface area contributed by atoms with Gasteiger partial charge in [0, 0.05) is 17.8 Å². The van der Waals surface area contributed by atoms with Gasteiger partial charge in [-0.25, -0.2) is 0 Å². The molecule has 0 spiro atoms. The fourth-order valence-corrected chi connectivity index (χ4v) is 4.71. The molecule has 2 unspecified atom stereocenters. The Morgan fingerprint density at radius 1 is 0.743 bits per heavy atom. The third-order valence-electron chi connectivity index (χ3n) is 6.59. The molecule has 0 saturated carbocycles. The number of ketones is 1. The quantitative estimate of drug-likeness (QED) is 0.230. The van der Waals surface area contributed by atoms with E-state index in [1.54, 1.807) is 17.0 Å². The lowest BCUT2D eigenvalue weighted by Gasteiger charge is -2.21. The molecule has 3 heteroatoms. The van der Waals surface area contributed by atoms with E-state index in [0.29, 0.717) is 18.4 Å². The van der Waals surface area contributed by atoms with Crippen LogP contribution in [0.4, 0.5) is 0 Å². The van der Waals surface area contributed by atoms with E-state index in [0.717, 1.165) is 16.7 Å². The van der Waals surface area contributed by atoms with Gasteiger partial charge in [0.25, 0.3) is 0 Å². The van der Waals surface area contributed by atoms with Crippen molar-refractivity contribution in [3.63, 3.8) is 0 Å². The Kier molecular flexibility index (Phi) is 6.67. The molecule has 1 heterocycles. The molecule has 1 saturated heterocycles. The molecule has 1 aliphatic rings. The lowest BCUT2D eigenvalue weighted by molar-refractivity contribution is -0.128. The molecule has 1 amide bonds. The average Bonchev–Trinajstić information content (AvgIpc) is 3.23. The van der Waals surface area contributed by atoms with Crippen LogP contribution in [-0.2, 0) is 11.2 Å². The van der Waals surface area contributed by atoms with Crippen molar-refractivity contribution in [2.75, 3.05) is 0 Å². The van der Waals surface area contributed by atoms with Gasteiger partial charge in [-0.05, 0) is 41.2 Å². The van der Waals surface area contributed by atoms with E-state index in [4.69, 9.17) is 0 Å². The highest BCUT2D eigenvalue weighted by Gasteiger charge is 2.42. The highest BCUT2D eigenvalue weighted by atomic mass is 16.2. The van der Waals surface area contributed by atoms with Gasteiger partial charge >= 0.3 is 0 Å². The summed E-state index contributed by atoms with van der Waals surface area (Å²) in [5, 5.41) is 0. The summed E-state index contributed by atoms with van der Waals surface area (Å²) >= 11 is 0. The minimum absolute atomic E-state index is 0.0808. The van der Waals surface area contributed by atoms with Crippen molar-refractivity contribution >= 4 is 17.8 Å². The van der Waals surface area contributed by atoms with Crippen molar-refractivity contribution in [2.24, 2.45) is 5.92 Å². The first kappa shape index (κ1) is 22.5. The molecule has 4 aromatic rings. The highest BCUT2D eigenvalue weighted by Crippen LogP contribution is 2.31. The smallest absolute Gasteiger partial charge is 0.237 e. The monoisotopic (exact) mass is 457 g/mol. The first-order valence-electron chi connectivity index (χ1n) is 12.0. The fourth-order valence-electron chi connectivity index (χ4n) is 4.71. The van der Waals surface area contributed by atoms with Gasteiger partial charge in [-0.1, -0.05) is 115 Å². The van der Waals surface area contributed by atoms with Crippen LogP contribution >= 0.6 is 0 Å². The van der Waals surface area contributed by atoms with Gasteiger partial charge in [0.15, 0.2) is 5.78 Å². The predicted molar refractivity (Wildman–Crippen MR) is 141 cm³/mol. The van der Waals surface area contributed by atoms with Crippen molar-refractivity contribution < 1.29 is 9.59 Å². The summed E-state index contributed by atoms with van der Waals surface area (Å²) in [5.41, 5.74) is 5.09. The van der Waals surface area contributed by atoms with E-state index in [1.807, 2.05) is 79.0 Å². The predicted octanol–water partition coefficient (Wildman–Crippen LogP) is 6.67. The number of rotatable bonds is 7. The third-order valence-corrected chi connectivity index (χ3v) is 6.59. The molecule has 35 heavy (non-hydrogen) atoms. The molecule has 1 aliphatic heterocycles. The number of nitrogens with zero attached hydrogens (tertiary/aromatic N) is 1. The van der Waals surface area contributed by atoms with E-state index in [1.165, 1.54) is 5.56 Å². The first-order valence-corrected chi connectivity index (χ1v) is 12.0. The van der Waals surface area contributed by atoms with Gasteiger partial charge in [-0.2, -0.15) is 0 Å². The van der Waals surface area contributed by atoms with E-state index in [9.17, 15) is 9.59 Å². The Balaban J connectivity index is 1.39. The number of carbonyl (C=O) groups is 2. The van der Waals surface area contributed by atoms with E-state index >= 15 is 0 Å². The lowest BCUT2D eigenvalue weighted by atomic mass is 9.92. The number of benzene rings is 4. The number of carbonyl (C=O) groups excluding carboxylic acids is 2. The zero-order valence-electron chi connectivity index (χ0n) is 19.5. The molecule has 5 rings (SSSR count). The summed E-state index contributed by atoms with van der Waals surface area (Å²) in [6.45, 7) is 0. The number of likely N-dealkylation sites (tertiary alicyclic amines) is 1. The second-order valence-electron chi connectivity index (χ2n) is 8.91. The van der Waals surface area contributed by atoms with Crippen molar-refractivity contribution in [1.29, 1.82) is 0 Å². The van der Waals surface area contributed by atoms with E-state index in [-0.39, 0.29) is 17.7 Å². The summed E-state index contributed by atoms with van der Waals surface area (Å²) in [6, 6.07) is 37.7. The third kappa shape index (κ3) is 5.15. The van der Waals surface area contributed by atoms with Crippen LogP contribution in [0.2, 0.25) is 0 Å². The van der Waals surface area contributed by atoms with Crippen LogP contribution in [0.3, 0.4) is 0 Å². The molecule has 0 N–H and O–H groups in total. The number of amides is 1. The summed E-state index contributed by atoms with van der Waals surface area (Å²) in [5.74, 6) is -0.890. The molecular weight excluding hydrogens is 430 g/mol. The lowest BCUT2D eigenvalue weighted by Crippen LogP contribution is -2.31. The van der Waals surface area contributed by atoms with Crippen molar-refractivity contribution in [3.8, 4) is 11.1 Å². The molecule has 2 atom stereocenters. The first-order chi connectivity index (χ1) is 17.2. The summed E-state index contributed by atoms with van der Waals surface area (Å²) < 4.78 is 0.